The van der Waals surface area contributed by atoms with Gasteiger partial charge < -0.3 is 80.3 Å². The highest BCUT2D eigenvalue weighted by Crippen LogP contribution is 2.31. The van der Waals surface area contributed by atoms with E-state index in [9.17, 15) is 69.0 Å². The van der Waals surface area contributed by atoms with Crippen LogP contribution in [-0.2, 0) is 47.6 Å². The van der Waals surface area contributed by atoms with E-state index in [4.69, 9.17) is 28.4 Å². The molecule has 3 atom stereocenters. The van der Waals surface area contributed by atoms with Crippen LogP contribution < -0.4 is 21.3 Å². The first kappa shape index (κ1) is 50.9. The van der Waals surface area contributed by atoms with E-state index in [-0.39, 0.29) is 44.3 Å². The summed E-state index contributed by atoms with van der Waals surface area (Å²) in [6.45, 7) is -0.132. The van der Waals surface area contributed by atoms with Gasteiger partial charge in [0.2, 0.25) is 0 Å². The van der Waals surface area contributed by atoms with Gasteiger partial charge in [0.1, 0.15) is 25.6 Å². The number of phenols is 6. The Labute approximate surface area is 374 Å². The van der Waals surface area contributed by atoms with Gasteiger partial charge in [-0.25, -0.2) is 14.4 Å². The fraction of sp³-hybridized carbons (Fsp3) is 0.381. The average molecular weight is 929 g/mol. The first-order chi connectivity index (χ1) is 31.5. The van der Waals surface area contributed by atoms with Gasteiger partial charge in [-0.2, -0.15) is 0 Å². The molecular formula is C42H48N4O20. The summed E-state index contributed by atoms with van der Waals surface area (Å²) in [6.07, 6.45) is 0.771. The van der Waals surface area contributed by atoms with Crippen molar-refractivity contribution >= 4 is 47.3 Å². The van der Waals surface area contributed by atoms with Crippen molar-refractivity contribution in [2.75, 3.05) is 66.0 Å². The number of hydrogen-bond acceptors (Lipinski definition) is 20. The molecule has 0 saturated carbocycles. The fourth-order valence-corrected chi connectivity index (χ4v) is 5.61. The van der Waals surface area contributed by atoms with Crippen LogP contribution >= 0.6 is 0 Å². The minimum absolute atomic E-state index is 0.0219. The smallest absolute Gasteiger partial charge is 0.332 e. The second-order valence-electron chi connectivity index (χ2n) is 13.9. The van der Waals surface area contributed by atoms with E-state index in [0.717, 1.165) is 36.4 Å². The molecule has 0 aliphatic carbocycles. The van der Waals surface area contributed by atoms with Crippen molar-refractivity contribution in [2.45, 2.75) is 37.9 Å². The number of amides is 4. The highest BCUT2D eigenvalue weighted by Gasteiger charge is 2.35. The number of aromatic hydroxyl groups is 6. The third-order valence-electron chi connectivity index (χ3n) is 9.26. The summed E-state index contributed by atoms with van der Waals surface area (Å²) >= 11 is 0. The van der Waals surface area contributed by atoms with E-state index in [1.807, 2.05) is 0 Å². The number of ether oxygens (including phenoxy) is 6. The molecule has 66 heavy (non-hydrogen) atoms. The van der Waals surface area contributed by atoms with Crippen LogP contribution in [0.5, 0.6) is 34.5 Å². The van der Waals surface area contributed by atoms with Crippen molar-refractivity contribution in [3.63, 3.8) is 0 Å². The Morgan fingerprint density at radius 1 is 0.545 bits per heavy atom. The summed E-state index contributed by atoms with van der Waals surface area (Å²) in [5.74, 6) is -13.8. The summed E-state index contributed by atoms with van der Waals surface area (Å²) in [4.78, 5) is 104. The van der Waals surface area contributed by atoms with E-state index in [2.05, 4.69) is 21.3 Å². The number of hydrogen-bond donors (Lipinski definition) is 10. The third-order valence-corrected chi connectivity index (χ3v) is 9.26. The van der Waals surface area contributed by atoms with Crippen LogP contribution in [0.25, 0.3) is 0 Å². The molecule has 1 fully saturated rings. The summed E-state index contributed by atoms with van der Waals surface area (Å²) in [5, 5.41) is 70.1. The molecule has 0 spiro atoms. The molecule has 0 aromatic heterocycles. The number of phenolic OH excluding ortho intramolecular Hbond substituents is 6. The van der Waals surface area contributed by atoms with Crippen molar-refractivity contribution in [1.82, 2.24) is 21.3 Å². The van der Waals surface area contributed by atoms with Gasteiger partial charge in [-0.05, 0) is 36.4 Å². The van der Waals surface area contributed by atoms with Gasteiger partial charge in [-0.3, -0.25) is 24.0 Å². The van der Waals surface area contributed by atoms with E-state index in [0.29, 0.717) is 26.1 Å². The van der Waals surface area contributed by atoms with Crippen molar-refractivity contribution in [2.24, 2.45) is 0 Å². The number of carbonyl (C=O) groups excluding carboxylic acids is 8. The van der Waals surface area contributed by atoms with Crippen molar-refractivity contribution in [3.05, 3.63) is 70.8 Å². The minimum atomic E-state index is -2.00. The first-order valence-corrected chi connectivity index (χ1v) is 20.1. The number of rotatable bonds is 20. The molecule has 3 aromatic rings. The fourth-order valence-electron chi connectivity index (χ4n) is 5.61. The first-order valence-electron chi connectivity index (χ1n) is 20.1. The second kappa shape index (κ2) is 25.0. The van der Waals surface area contributed by atoms with E-state index < -0.39 is 131 Å². The van der Waals surface area contributed by atoms with Gasteiger partial charge >= 0.3 is 17.9 Å². The summed E-state index contributed by atoms with van der Waals surface area (Å²) < 4.78 is 31.6. The van der Waals surface area contributed by atoms with Gasteiger partial charge in [-0.15, -0.1) is 0 Å². The normalized spacial score (nSPS) is 16.6. The number of nitrogens with one attached hydrogen (secondary N) is 4. The van der Waals surface area contributed by atoms with Crippen LogP contribution in [0.4, 0.5) is 0 Å². The zero-order chi connectivity index (χ0) is 48.3. The lowest BCUT2D eigenvalue weighted by atomic mass is 10.1. The number of benzene rings is 3. The highest BCUT2D eigenvalue weighted by atomic mass is 16.6. The van der Waals surface area contributed by atoms with E-state index in [1.165, 1.54) is 12.1 Å². The van der Waals surface area contributed by atoms with Crippen molar-refractivity contribution in [3.8, 4) is 34.5 Å². The van der Waals surface area contributed by atoms with Gasteiger partial charge in [0.05, 0.1) is 56.3 Å². The Morgan fingerprint density at radius 3 is 1.41 bits per heavy atom. The monoisotopic (exact) mass is 928 g/mol. The zero-order valence-electron chi connectivity index (χ0n) is 35.2. The number of ketones is 1. The molecule has 1 aliphatic heterocycles. The van der Waals surface area contributed by atoms with Gasteiger partial charge in [0, 0.05) is 24.9 Å². The second-order valence-corrected chi connectivity index (χ2v) is 13.9. The number of Topliss-reactive ketones (excluding diaryl/α,β-unsaturated/α-hetero) is 1. The third kappa shape index (κ3) is 14.7. The van der Waals surface area contributed by atoms with E-state index in [1.54, 1.807) is 6.92 Å². The summed E-state index contributed by atoms with van der Waals surface area (Å²) in [7, 11) is 0. The Kier molecular flexibility index (Phi) is 19.3. The average Bonchev–Trinajstić information content (AvgIpc) is 3.29. The topological polar surface area (TPSA) is 361 Å². The molecule has 0 bridgehead atoms. The number of carbonyl (C=O) groups is 8. The maximum atomic E-state index is 13.6. The molecular weight excluding hydrogens is 880 g/mol. The van der Waals surface area contributed by atoms with Crippen LogP contribution in [0.1, 0.15) is 61.2 Å². The van der Waals surface area contributed by atoms with Crippen LogP contribution in [-0.4, -0.2) is 162 Å². The highest BCUT2D eigenvalue weighted by molar-refractivity contribution is 6.04. The number of para-hydroxylation sites is 2. The quantitative estimate of drug-likeness (QED) is 0.0293. The predicted octanol–water partition coefficient (Wildman–Crippen LogP) is -0.592. The van der Waals surface area contributed by atoms with Crippen molar-refractivity contribution in [1.29, 1.82) is 0 Å². The lowest BCUT2D eigenvalue weighted by molar-refractivity contribution is -0.160. The molecule has 356 valence electrons. The zero-order valence-corrected chi connectivity index (χ0v) is 35.2. The van der Waals surface area contributed by atoms with Gasteiger partial charge in [-0.1, -0.05) is 19.1 Å². The molecule has 1 heterocycles. The molecule has 10 N–H and O–H groups in total. The van der Waals surface area contributed by atoms with Crippen LogP contribution in [0, 0.1) is 0 Å². The van der Waals surface area contributed by atoms with Crippen LogP contribution in [0.15, 0.2) is 48.5 Å². The standard InChI is InChI=1S/C42H48N4O20/c1-2-23(47)9-11-61-13-15-63-16-14-62-12-10-43-36(54)22-17-26(35(53)32(50)18-22)39(57)46-29-21-66-41(59)27(44-37(55)24-5-3-7-30(48)33(24)51)19-64-40(58)28(20-65-42(29)60)45-38(56)25-6-4-8-31(49)34(25)52/h3-8,17-18,27-29,48-53H,2,9-16,19-21H2,1H3,(H,43,54)(H,44,55)(H,45,56)(H,46,57)/t27-,28-,29-/m0/s1. The number of cyclic esters (lactones) is 3. The Hall–Kier alpha value is -7.70. The Balaban J connectivity index is 1.45. The molecule has 24 heteroatoms. The molecule has 1 aliphatic rings. The lowest BCUT2D eigenvalue weighted by Crippen LogP contribution is -2.52. The molecule has 3 aromatic carbocycles. The maximum Gasteiger partial charge on any atom is 0.332 e. The van der Waals surface area contributed by atoms with Crippen LogP contribution in [0.2, 0.25) is 0 Å². The molecule has 1 saturated heterocycles. The largest absolute Gasteiger partial charge is 0.504 e. The van der Waals surface area contributed by atoms with Crippen LogP contribution in [0.3, 0.4) is 0 Å². The minimum Gasteiger partial charge on any atom is -0.504 e. The molecule has 0 radical (unpaired) electrons. The Bertz CT molecular complexity index is 2200. The maximum absolute atomic E-state index is 13.6. The summed E-state index contributed by atoms with van der Waals surface area (Å²) in [6, 6.07) is 2.50. The van der Waals surface area contributed by atoms with E-state index >= 15 is 0 Å². The van der Waals surface area contributed by atoms with Crippen molar-refractivity contribution < 1.29 is 97.4 Å². The SMILES string of the molecule is CCC(=O)CCOCCOCCOCCNC(=O)c1cc(O)c(O)c(C(=O)N[C@H]2COC(=O)[C@@H](NC(=O)c3cccc(O)c3O)COC(=O)[C@@H](NC(=O)c3cccc(O)c3O)COC2=O)c1. The summed E-state index contributed by atoms with van der Waals surface area (Å²) in [5.41, 5.74) is -2.15. The molecule has 0 unspecified atom stereocenters. The van der Waals surface area contributed by atoms with Gasteiger partial charge in [0.25, 0.3) is 23.6 Å². The molecule has 24 nitrogen and oxygen atoms in total. The predicted molar refractivity (Wildman–Crippen MR) is 221 cm³/mol. The Morgan fingerprint density at radius 2 is 0.955 bits per heavy atom. The lowest BCUT2D eigenvalue weighted by Gasteiger charge is -2.25. The number of esters is 3. The molecule has 4 amide bonds. The molecule has 4 rings (SSSR count). The van der Waals surface area contributed by atoms with Gasteiger partial charge in [0.15, 0.2) is 52.6 Å².